The van der Waals surface area contributed by atoms with Gasteiger partial charge in [0.15, 0.2) is 5.76 Å². The van der Waals surface area contributed by atoms with E-state index in [4.69, 9.17) is 0 Å². The summed E-state index contributed by atoms with van der Waals surface area (Å²) in [5.41, 5.74) is 0.766. The van der Waals surface area contributed by atoms with Gasteiger partial charge >= 0.3 is 0 Å². The molecule has 1 aliphatic rings. The molecular weight excluding hydrogens is 400 g/mol. The van der Waals surface area contributed by atoms with Crippen molar-refractivity contribution in [2.75, 3.05) is 0 Å². The Labute approximate surface area is 168 Å². The molecule has 0 aliphatic carbocycles. The molecule has 27 heavy (non-hydrogen) atoms. The van der Waals surface area contributed by atoms with Crippen LogP contribution in [0, 0.1) is 13.8 Å². The number of aromatic nitrogens is 1. The Morgan fingerprint density at radius 3 is 2.56 bits per heavy atom. The zero-order chi connectivity index (χ0) is 19.1. The molecule has 3 aromatic rings. The van der Waals surface area contributed by atoms with Crippen LogP contribution >= 0.6 is 34.0 Å². The van der Waals surface area contributed by atoms with Crippen molar-refractivity contribution in [1.29, 1.82) is 0 Å². The van der Waals surface area contributed by atoms with E-state index in [9.17, 15) is 14.7 Å². The van der Waals surface area contributed by atoms with E-state index in [-0.39, 0.29) is 11.4 Å². The van der Waals surface area contributed by atoms with E-state index in [1.807, 2.05) is 41.9 Å². The van der Waals surface area contributed by atoms with Crippen LogP contribution in [-0.4, -0.2) is 26.7 Å². The molecule has 0 fully saturated rings. The molecule has 0 radical (unpaired) electrons. The minimum Gasteiger partial charge on any atom is -0.503 e. The van der Waals surface area contributed by atoms with Crippen LogP contribution in [0.4, 0.5) is 0 Å². The molecule has 1 amide bonds. The fraction of sp³-hybridized carbons (Fsp3) is 0.211. The summed E-state index contributed by atoms with van der Waals surface area (Å²) in [5, 5.41) is 15.2. The maximum absolute atomic E-state index is 13.3. The zero-order valence-electron chi connectivity index (χ0n) is 14.6. The summed E-state index contributed by atoms with van der Waals surface area (Å²) in [6, 6.07) is 7.04. The Bertz CT molecular complexity index is 1030. The lowest BCUT2D eigenvalue weighted by Gasteiger charge is -2.25. The SMILES string of the molecule is Cc1nc(C)c(C(=O)C2=C(O)C(=O)N(Cc3cccs3)C2c2cccs2)s1. The Kier molecular flexibility index (Phi) is 4.71. The van der Waals surface area contributed by atoms with Crippen molar-refractivity contribution in [1.82, 2.24) is 9.88 Å². The van der Waals surface area contributed by atoms with E-state index in [1.165, 1.54) is 22.7 Å². The standard InChI is InChI=1S/C19H16N2O3S3/c1-10-18(27-11(2)20-10)16(22)14-15(13-6-4-8-26-13)21(19(24)17(14)23)9-12-5-3-7-25-12/h3-8,15,23H,9H2,1-2H3. The van der Waals surface area contributed by atoms with Crippen LogP contribution in [0.25, 0.3) is 0 Å². The van der Waals surface area contributed by atoms with Crippen LogP contribution in [-0.2, 0) is 11.3 Å². The molecule has 4 heterocycles. The molecule has 0 saturated carbocycles. The topological polar surface area (TPSA) is 70.5 Å². The highest BCUT2D eigenvalue weighted by Gasteiger charge is 2.45. The van der Waals surface area contributed by atoms with E-state index < -0.39 is 17.7 Å². The fourth-order valence-electron chi connectivity index (χ4n) is 3.23. The molecule has 1 unspecified atom stereocenters. The van der Waals surface area contributed by atoms with Gasteiger partial charge in [-0.15, -0.1) is 34.0 Å². The highest BCUT2D eigenvalue weighted by molar-refractivity contribution is 7.14. The number of thiophene rings is 2. The lowest BCUT2D eigenvalue weighted by Crippen LogP contribution is -2.30. The normalized spacial score (nSPS) is 17.2. The lowest BCUT2D eigenvalue weighted by molar-refractivity contribution is -0.129. The summed E-state index contributed by atoms with van der Waals surface area (Å²) in [4.78, 5) is 34.3. The zero-order valence-corrected chi connectivity index (χ0v) is 17.1. The van der Waals surface area contributed by atoms with Gasteiger partial charge in [0.05, 0.1) is 27.7 Å². The second-order valence-corrected chi connectivity index (χ2v) is 9.38. The van der Waals surface area contributed by atoms with Gasteiger partial charge in [0.1, 0.15) is 6.04 Å². The molecule has 138 valence electrons. The van der Waals surface area contributed by atoms with Gasteiger partial charge in [-0.25, -0.2) is 4.98 Å². The molecule has 0 bridgehead atoms. The van der Waals surface area contributed by atoms with Crippen molar-refractivity contribution >= 4 is 45.7 Å². The molecule has 3 aromatic heterocycles. The predicted octanol–water partition coefficient (Wildman–Crippen LogP) is 4.66. The number of aliphatic hydroxyl groups excluding tert-OH is 1. The van der Waals surface area contributed by atoms with Crippen LogP contribution in [0.3, 0.4) is 0 Å². The Balaban J connectivity index is 1.79. The second kappa shape index (κ2) is 7.03. The van der Waals surface area contributed by atoms with Crippen molar-refractivity contribution in [3.63, 3.8) is 0 Å². The maximum Gasteiger partial charge on any atom is 0.290 e. The number of carbonyl (C=O) groups is 2. The molecule has 0 saturated heterocycles. The Hall–Kier alpha value is -2.29. The van der Waals surface area contributed by atoms with Crippen LogP contribution in [0.15, 0.2) is 46.4 Å². The molecule has 0 aromatic carbocycles. The summed E-state index contributed by atoms with van der Waals surface area (Å²) in [6.45, 7) is 3.96. The third kappa shape index (κ3) is 3.13. The van der Waals surface area contributed by atoms with E-state index in [0.717, 1.165) is 14.8 Å². The van der Waals surface area contributed by atoms with Gasteiger partial charge in [-0.3, -0.25) is 9.59 Å². The highest BCUT2D eigenvalue weighted by atomic mass is 32.1. The number of ketones is 1. The van der Waals surface area contributed by atoms with Crippen LogP contribution in [0.5, 0.6) is 0 Å². The monoisotopic (exact) mass is 416 g/mol. The Morgan fingerprint density at radius 1 is 1.22 bits per heavy atom. The number of carbonyl (C=O) groups excluding carboxylic acids is 2. The summed E-state index contributed by atoms with van der Waals surface area (Å²) in [6.07, 6.45) is 0. The van der Waals surface area contributed by atoms with Gasteiger partial charge in [0, 0.05) is 9.75 Å². The number of hydrogen-bond acceptors (Lipinski definition) is 7. The number of hydrogen-bond donors (Lipinski definition) is 1. The van der Waals surface area contributed by atoms with Crippen LogP contribution in [0.1, 0.15) is 36.2 Å². The average Bonchev–Trinajstić information content (AvgIpc) is 3.40. The third-order valence-corrected chi connectivity index (χ3v) is 7.23. The molecule has 1 N–H and O–H groups in total. The van der Waals surface area contributed by atoms with Gasteiger partial charge in [0.2, 0.25) is 5.78 Å². The molecule has 8 heteroatoms. The molecular formula is C19H16N2O3S3. The van der Waals surface area contributed by atoms with Crippen LogP contribution < -0.4 is 0 Å². The second-order valence-electron chi connectivity index (χ2n) is 6.17. The summed E-state index contributed by atoms with van der Waals surface area (Å²) in [5.74, 6) is -1.29. The number of nitrogens with zero attached hydrogens (tertiary/aromatic N) is 2. The average molecular weight is 417 g/mol. The molecule has 4 rings (SSSR count). The van der Waals surface area contributed by atoms with Gasteiger partial charge in [0.25, 0.3) is 5.91 Å². The van der Waals surface area contributed by atoms with Gasteiger partial charge in [-0.2, -0.15) is 0 Å². The first-order chi connectivity index (χ1) is 13.0. The van der Waals surface area contributed by atoms with Gasteiger partial charge in [-0.05, 0) is 36.7 Å². The molecule has 0 spiro atoms. The lowest BCUT2D eigenvalue weighted by atomic mass is 10.0. The third-order valence-electron chi connectivity index (χ3n) is 4.38. The van der Waals surface area contributed by atoms with E-state index in [2.05, 4.69) is 4.98 Å². The number of thiazole rings is 1. The number of amides is 1. The first-order valence-electron chi connectivity index (χ1n) is 8.26. The van der Waals surface area contributed by atoms with E-state index in [0.29, 0.717) is 17.1 Å². The van der Waals surface area contributed by atoms with E-state index in [1.54, 1.807) is 23.2 Å². The maximum atomic E-state index is 13.3. The Morgan fingerprint density at radius 2 is 1.96 bits per heavy atom. The fourth-order valence-corrected chi connectivity index (χ4v) is 5.65. The van der Waals surface area contributed by atoms with Crippen molar-refractivity contribution in [2.24, 2.45) is 0 Å². The minimum atomic E-state index is -0.589. The first kappa shape index (κ1) is 18.1. The van der Waals surface area contributed by atoms with Crippen molar-refractivity contribution in [3.8, 4) is 0 Å². The highest BCUT2D eigenvalue weighted by Crippen LogP contribution is 2.42. The molecule has 1 aliphatic heterocycles. The molecule has 1 atom stereocenters. The molecule has 5 nitrogen and oxygen atoms in total. The summed E-state index contributed by atoms with van der Waals surface area (Å²) in [7, 11) is 0. The van der Waals surface area contributed by atoms with Gasteiger partial charge < -0.3 is 10.0 Å². The number of aryl methyl sites for hydroxylation is 2. The van der Waals surface area contributed by atoms with Crippen molar-refractivity contribution < 1.29 is 14.7 Å². The van der Waals surface area contributed by atoms with Crippen molar-refractivity contribution in [3.05, 3.63) is 71.7 Å². The number of aliphatic hydroxyl groups is 1. The smallest absolute Gasteiger partial charge is 0.290 e. The van der Waals surface area contributed by atoms with Crippen molar-refractivity contribution in [2.45, 2.75) is 26.4 Å². The number of Topliss-reactive ketones (excluding diaryl/α,β-unsaturated/α-hetero) is 1. The minimum absolute atomic E-state index is 0.144. The van der Waals surface area contributed by atoms with Gasteiger partial charge in [-0.1, -0.05) is 12.1 Å². The summed E-state index contributed by atoms with van der Waals surface area (Å²) < 4.78 is 0. The van der Waals surface area contributed by atoms with Crippen LogP contribution in [0.2, 0.25) is 0 Å². The predicted molar refractivity (Wildman–Crippen MR) is 108 cm³/mol. The van der Waals surface area contributed by atoms with E-state index >= 15 is 0 Å². The summed E-state index contributed by atoms with van der Waals surface area (Å²) >= 11 is 4.29. The first-order valence-corrected chi connectivity index (χ1v) is 10.8. The largest absolute Gasteiger partial charge is 0.503 e. The quantitative estimate of drug-likeness (QED) is 0.614. The number of rotatable bonds is 5.